The van der Waals surface area contributed by atoms with Crippen molar-refractivity contribution < 1.29 is 120 Å². The summed E-state index contributed by atoms with van der Waals surface area (Å²) in [6.45, 7) is 11.3. The van der Waals surface area contributed by atoms with E-state index >= 15 is 0 Å². The molecular weight excluding hydrogens is 1520 g/mol. The lowest BCUT2D eigenvalue weighted by molar-refractivity contribution is -0.140. The number of ether oxygens (including phenoxy) is 4. The number of carbonyl (C=O) groups is 9. The molecule has 1 aliphatic heterocycles. The van der Waals surface area contributed by atoms with Crippen molar-refractivity contribution in [3.8, 4) is 5.75 Å². The van der Waals surface area contributed by atoms with E-state index < -0.39 is 110 Å². The molecule has 0 bridgehead atoms. The van der Waals surface area contributed by atoms with Gasteiger partial charge in [-0.2, -0.15) is 9.82 Å². The zero-order valence-electron chi connectivity index (χ0n) is 63.1. The minimum Gasteiger partial charge on any atom is -0.494 e. The van der Waals surface area contributed by atoms with Gasteiger partial charge in [0.25, 0.3) is 5.91 Å². The average Bonchev–Trinajstić information content (AvgIpc) is 1.33. The Labute approximate surface area is 643 Å². The normalized spacial score (nSPS) is 14.4. The van der Waals surface area contributed by atoms with E-state index in [0.29, 0.717) is 106 Å². The van der Waals surface area contributed by atoms with Crippen LogP contribution in [-0.2, 0) is 78.3 Å². The molecule has 2 aromatic heterocycles. The lowest BCUT2D eigenvalue weighted by atomic mass is 10.1. The van der Waals surface area contributed by atoms with E-state index in [-0.39, 0.29) is 134 Å². The molecule has 41 nitrogen and oxygen atoms in total. The van der Waals surface area contributed by atoms with Gasteiger partial charge in [-0.15, -0.1) is 0 Å². The van der Waals surface area contributed by atoms with Gasteiger partial charge in [0.05, 0.1) is 69.2 Å². The van der Waals surface area contributed by atoms with Crippen LogP contribution in [-0.4, -0.2) is 335 Å². The third-order valence-electron chi connectivity index (χ3n) is 16.6. The predicted octanol–water partition coefficient (Wildman–Crippen LogP) is -0.893. The molecule has 5 rings (SSSR count). The van der Waals surface area contributed by atoms with Crippen LogP contribution in [0.4, 0.5) is 5.95 Å². The molecule has 0 unspecified atom stereocenters. The highest BCUT2D eigenvalue weighted by Crippen LogP contribution is 2.40. The monoisotopic (exact) mass is 1630 g/mol. The van der Waals surface area contributed by atoms with E-state index in [4.69, 9.17) is 18.9 Å². The number of aliphatic carboxylic acids is 4. The molecule has 0 spiro atoms. The molecule has 16 N–H and O–H groups in total. The molecular formula is C67H110N16O25P2S. The Balaban J connectivity index is 0.000000473. The highest BCUT2D eigenvalue weighted by molar-refractivity contribution is 7.89. The van der Waals surface area contributed by atoms with E-state index in [9.17, 15) is 101 Å². The maximum absolute atomic E-state index is 13.5. The summed E-state index contributed by atoms with van der Waals surface area (Å²) >= 11 is 0. The summed E-state index contributed by atoms with van der Waals surface area (Å²) in [5, 5.41) is 59.9. The maximum atomic E-state index is 13.5. The second-order valence-electron chi connectivity index (χ2n) is 26.0. The zero-order chi connectivity index (χ0) is 81.9. The molecule has 44 heteroatoms. The smallest absolute Gasteiger partial charge is 0.339 e. The van der Waals surface area contributed by atoms with Crippen molar-refractivity contribution >= 4 is 95.5 Å². The van der Waals surface area contributed by atoms with Crippen molar-refractivity contribution in [2.24, 2.45) is 0 Å². The number of nitrogens with zero attached hydrogens (tertiary/aromatic N) is 8. The molecule has 111 heavy (non-hydrogen) atoms. The molecule has 3 heterocycles. The molecule has 0 aliphatic carbocycles. The zero-order valence-corrected chi connectivity index (χ0v) is 65.7. The van der Waals surface area contributed by atoms with E-state index in [2.05, 4.69) is 51.7 Å². The quantitative estimate of drug-likeness (QED) is 0.0188. The van der Waals surface area contributed by atoms with E-state index in [1.165, 1.54) is 0 Å². The minimum absolute atomic E-state index is 0.0292. The van der Waals surface area contributed by atoms with Crippen molar-refractivity contribution in [1.82, 2.24) is 75.6 Å². The number of amides is 5. The SMILES string of the molecule is CCOCCCNC(=O)CCCOc1cc(C)c(S(=O)(=O)N[C@@H](CNC(=O)c2ccc3c(cnn3CCCNc3ncc[nH]3)c2)C(=O)O)c(C)c1.CCOCCOCCCNC(=O)[C@@H](CCCCNC(=O)CN(CP(=O)(O)O)CP(=O)(O)O)NC(=O)CN1CCN(CC(=O)O)CCN(CC(=O)O)CCN(CC(=O)O)CC1. The number of carboxylic acids is 4. The fraction of sp³-hybridized carbons (Fsp3) is 0.627. The van der Waals surface area contributed by atoms with Crippen molar-refractivity contribution in [1.29, 1.82) is 0 Å². The number of fused-ring (bicyclic) bond motifs is 1. The van der Waals surface area contributed by atoms with Gasteiger partial charge in [0.1, 0.15) is 30.4 Å². The first-order valence-electron chi connectivity index (χ1n) is 36.3. The van der Waals surface area contributed by atoms with E-state index in [0.717, 1.165) is 23.7 Å². The number of aryl methyl sites for hydroxylation is 3. The largest absolute Gasteiger partial charge is 0.494 e. The van der Waals surface area contributed by atoms with Crippen LogP contribution in [0.15, 0.2) is 53.8 Å². The number of hydrogen-bond donors (Lipinski definition) is 16. The van der Waals surface area contributed by atoms with Gasteiger partial charge in [-0.1, -0.05) is 0 Å². The second-order valence-corrected chi connectivity index (χ2v) is 30.8. The molecule has 1 aliphatic rings. The van der Waals surface area contributed by atoms with Crippen molar-refractivity contribution in [2.45, 2.75) is 103 Å². The van der Waals surface area contributed by atoms with Gasteiger partial charge in [0.2, 0.25) is 33.7 Å². The first kappa shape index (κ1) is 95.2. The Kier molecular flexibility index (Phi) is 43.5. The van der Waals surface area contributed by atoms with Crippen LogP contribution in [0.25, 0.3) is 10.9 Å². The summed E-state index contributed by atoms with van der Waals surface area (Å²) in [4.78, 5) is 162. The van der Waals surface area contributed by atoms with Gasteiger partial charge < -0.3 is 95.8 Å². The predicted molar refractivity (Wildman–Crippen MR) is 403 cm³/mol. The Bertz CT molecular complexity index is 3720. The summed E-state index contributed by atoms with van der Waals surface area (Å²) in [6, 6.07) is 5.43. The number of hydrogen-bond acceptors (Lipinski definition) is 25. The number of H-pyrrole nitrogens is 1. The Hall–Kier alpha value is -8.16. The average molecular weight is 1630 g/mol. The van der Waals surface area contributed by atoms with Crippen LogP contribution in [0, 0.1) is 13.8 Å². The molecule has 1 saturated heterocycles. The van der Waals surface area contributed by atoms with Gasteiger partial charge >= 0.3 is 39.1 Å². The molecule has 0 saturated carbocycles. The van der Waals surface area contributed by atoms with E-state index in [1.807, 2.05) is 18.5 Å². The fourth-order valence-electron chi connectivity index (χ4n) is 11.4. The number of anilines is 1. The van der Waals surface area contributed by atoms with Crippen LogP contribution in [0.3, 0.4) is 0 Å². The third kappa shape index (κ3) is 40.7. The number of aromatic amines is 1. The Morgan fingerprint density at radius 1 is 0.613 bits per heavy atom. The number of carbonyl (C=O) groups excluding carboxylic acids is 5. The topological polar surface area (TPSA) is 568 Å². The van der Waals surface area contributed by atoms with Crippen molar-refractivity contribution in [3.05, 3.63) is 65.6 Å². The number of rotatable bonds is 51. The van der Waals surface area contributed by atoms with Gasteiger partial charge in [-0.05, 0) is 114 Å². The van der Waals surface area contributed by atoms with Gasteiger partial charge in [0.15, 0.2) is 5.95 Å². The summed E-state index contributed by atoms with van der Waals surface area (Å²) in [5.41, 5.74) is 1.80. The van der Waals surface area contributed by atoms with Crippen molar-refractivity contribution in [2.75, 3.05) is 182 Å². The molecule has 1 fully saturated rings. The van der Waals surface area contributed by atoms with Crippen LogP contribution < -0.4 is 41.4 Å². The standard InChI is InChI=1S/C34H46N8O8S.C33H64N8O17P2/c1-4-49-16-7-12-35-30(43)8-5-17-50-27-18-23(2)31(24(3)19-27)51(47,48)41-28(33(45)46)22-39-32(44)25-9-10-29-26(20-25)21-40-42(29)15-6-11-36-34-37-13-14-38-34;1-2-57-18-19-58-17-5-8-35-33(50)27(6-3-4-7-34-28(42)20-41(25-59(51,52)53)26-60(54,55)56)36-29(43)21-37-9-11-38(22-30(44)45)13-15-40(24-32(48)49)16-14-39(12-10-37)23-31(46)47/h9-10,13-14,18-21,28,41H,4-8,11-12,15-17,22H2,1-3H3,(H,35,43)(H,39,44)(H,45,46)(H2,36,37,38);27H,2-26H2,1H3,(H,34,42)(H,35,50)(H,36,43)(H,44,45)(H,46,47)(H,48,49)(H2,51,52,53)(H2,54,55,56)/t28-;27-/m01/s1. The first-order chi connectivity index (χ1) is 52.6. The van der Waals surface area contributed by atoms with Crippen LogP contribution >= 0.6 is 15.2 Å². The first-order valence-corrected chi connectivity index (χ1v) is 41.4. The summed E-state index contributed by atoms with van der Waals surface area (Å²) < 4.78 is 75.4. The number of unbranched alkanes of at least 4 members (excludes halogenated alkanes) is 1. The van der Waals surface area contributed by atoms with Gasteiger partial charge in [0, 0.05) is 148 Å². The number of nitrogens with one attached hydrogen (secondary N) is 8. The molecule has 5 amide bonds. The summed E-state index contributed by atoms with van der Waals surface area (Å²) in [7, 11) is -13.8. The maximum Gasteiger partial charge on any atom is 0.339 e. The number of benzene rings is 2. The molecule has 2 aromatic carbocycles. The minimum atomic E-state index is -4.75. The highest BCUT2D eigenvalue weighted by atomic mass is 32.2. The molecule has 0 radical (unpaired) electrons. The second kappa shape index (κ2) is 50.8. The van der Waals surface area contributed by atoms with Crippen LogP contribution in [0.1, 0.15) is 86.7 Å². The van der Waals surface area contributed by atoms with Crippen LogP contribution in [0.2, 0.25) is 0 Å². The summed E-state index contributed by atoms with van der Waals surface area (Å²) in [6.07, 6.45) is 6.37. The van der Waals surface area contributed by atoms with Gasteiger partial charge in [-0.25, -0.2) is 13.4 Å². The van der Waals surface area contributed by atoms with Gasteiger partial charge in [-0.3, -0.25) is 81.5 Å². The summed E-state index contributed by atoms with van der Waals surface area (Å²) in [5.74, 6) is -6.08. The number of aromatic nitrogens is 4. The molecule has 4 aromatic rings. The Morgan fingerprint density at radius 2 is 1.15 bits per heavy atom. The van der Waals surface area contributed by atoms with Crippen molar-refractivity contribution in [3.63, 3.8) is 0 Å². The Morgan fingerprint density at radius 3 is 1.70 bits per heavy atom. The number of carboxylic acid groups (broad SMARTS) is 4. The van der Waals surface area contributed by atoms with E-state index in [1.54, 1.807) is 82.4 Å². The molecule has 2 atom stereocenters. The molecule has 624 valence electrons. The highest BCUT2D eigenvalue weighted by Gasteiger charge is 2.31. The lowest BCUT2D eigenvalue weighted by Crippen LogP contribution is -2.52. The lowest BCUT2D eigenvalue weighted by Gasteiger charge is -2.33. The fourth-order valence-corrected chi connectivity index (χ4v) is 14.6. The third-order valence-corrected chi connectivity index (χ3v) is 19.9. The number of imidazole rings is 1. The number of sulfonamides is 1. The van der Waals surface area contributed by atoms with Crippen LogP contribution in [0.5, 0.6) is 5.75 Å².